The average molecular weight is 246 g/mol. The van der Waals surface area contributed by atoms with Gasteiger partial charge in [0.05, 0.1) is 6.04 Å². The minimum Gasteiger partial charge on any atom is -0.368 e. The molecule has 1 aromatic rings. The van der Waals surface area contributed by atoms with Gasteiger partial charge < -0.3 is 5.73 Å². The number of nitrogens with zero attached hydrogens (tertiary/aromatic N) is 1. The molecule has 3 heteroatoms. The van der Waals surface area contributed by atoms with Crippen LogP contribution in [0.2, 0.25) is 0 Å². The van der Waals surface area contributed by atoms with Crippen LogP contribution in [0.4, 0.5) is 0 Å². The third-order valence-electron chi connectivity index (χ3n) is 3.72. The van der Waals surface area contributed by atoms with Gasteiger partial charge in [0.1, 0.15) is 0 Å². The van der Waals surface area contributed by atoms with Crippen molar-refractivity contribution >= 4 is 5.91 Å². The van der Waals surface area contributed by atoms with Crippen LogP contribution in [-0.4, -0.2) is 23.4 Å². The van der Waals surface area contributed by atoms with E-state index in [1.807, 2.05) is 18.2 Å². The molecule has 0 bridgehead atoms. The molecule has 2 rings (SSSR count). The Morgan fingerprint density at radius 1 is 1.39 bits per heavy atom. The van der Waals surface area contributed by atoms with Crippen molar-refractivity contribution < 1.29 is 4.79 Å². The Bertz CT molecular complexity index is 414. The van der Waals surface area contributed by atoms with E-state index in [9.17, 15) is 4.79 Å². The highest BCUT2D eigenvalue weighted by molar-refractivity contribution is 5.80. The first-order chi connectivity index (χ1) is 8.48. The second-order valence-electron chi connectivity index (χ2n) is 6.01. The van der Waals surface area contributed by atoms with Crippen molar-refractivity contribution in [1.82, 2.24) is 4.90 Å². The van der Waals surface area contributed by atoms with Gasteiger partial charge in [-0.1, -0.05) is 44.2 Å². The molecule has 2 N–H and O–H groups in total. The van der Waals surface area contributed by atoms with E-state index in [0.29, 0.717) is 0 Å². The van der Waals surface area contributed by atoms with Gasteiger partial charge in [-0.15, -0.1) is 0 Å². The molecule has 0 radical (unpaired) electrons. The van der Waals surface area contributed by atoms with E-state index < -0.39 is 0 Å². The van der Waals surface area contributed by atoms with Crippen molar-refractivity contribution in [3.63, 3.8) is 0 Å². The van der Waals surface area contributed by atoms with Gasteiger partial charge in [0, 0.05) is 13.1 Å². The number of piperidine rings is 1. The van der Waals surface area contributed by atoms with Crippen molar-refractivity contribution in [3.8, 4) is 0 Å². The second-order valence-corrected chi connectivity index (χ2v) is 6.01. The minimum absolute atomic E-state index is 0.113. The molecule has 0 unspecified atom stereocenters. The maximum Gasteiger partial charge on any atom is 0.234 e. The van der Waals surface area contributed by atoms with Crippen LogP contribution in [0.25, 0.3) is 0 Å². The third kappa shape index (κ3) is 3.10. The molecule has 1 aliphatic heterocycles. The SMILES string of the molecule is CC1(C)CC[C@@H](C(N)=O)N(Cc2ccccc2)C1. The molecule has 1 aromatic carbocycles. The van der Waals surface area contributed by atoms with Crippen molar-refractivity contribution in [2.75, 3.05) is 6.54 Å². The topological polar surface area (TPSA) is 46.3 Å². The predicted molar refractivity (Wildman–Crippen MR) is 72.8 cm³/mol. The number of hydrogen-bond acceptors (Lipinski definition) is 2. The Morgan fingerprint density at radius 3 is 2.67 bits per heavy atom. The van der Waals surface area contributed by atoms with Crippen LogP contribution in [0.15, 0.2) is 30.3 Å². The lowest BCUT2D eigenvalue weighted by molar-refractivity contribution is -0.126. The van der Waals surface area contributed by atoms with Gasteiger partial charge in [-0.25, -0.2) is 0 Å². The quantitative estimate of drug-likeness (QED) is 0.888. The highest BCUT2D eigenvalue weighted by Gasteiger charge is 2.35. The molecule has 1 heterocycles. The highest BCUT2D eigenvalue weighted by Crippen LogP contribution is 2.32. The number of rotatable bonds is 3. The molecule has 1 amide bonds. The Kier molecular flexibility index (Phi) is 3.71. The number of likely N-dealkylation sites (tertiary alicyclic amines) is 1. The molecule has 0 aromatic heterocycles. The van der Waals surface area contributed by atoms with Gasteiger partial charge in [-0.05, 0) is 23.8 Å². The Balaban J connectivity index is 2.13. The normalized spacial score (nSPS) is 23.8. The first-order valence-corrected chi connectivity index (χ1v) is 6.55. The van der Waals surface area contributed by atoms with Gasteiger partial charge in [0.2, 0.25) is 5.91 Å². The smallest absolute Gasteiger partial charge is 0.234 e. The van der Waals surface area contributed by atoms with E-state index in [1.54, 1.807) is 0 Å². The predicted octanol–water partition coefficient (Wildman–Crippen LogP) is 2.16. The fourth-order valence-corrected chi connectivity index (χ4v) is 2.76. The maximum atomic E-state index is 11.5. The van der Waals surface area contributed by atoms with Crippen LogP contribution in [0, 0.1) is 5.41 Å². The largest absolute Gasteiger partial charge is 0.368 e. The molecular weight excluding hydrogens is 224 g/mol. The third-order valence-corrected chi connectivity index (χ3v) is 3.72. The zero-order valence-electron chi connectivity index (χ0n) is 11.2. The van der Waals surface area contributed by atoms with Gasteiger partial charge in [-0.3, -0.25) is 9.69 Å². The van der Waals surface area contributed by atoms with Crippen LogP contribution < -0.4 is 5.73 Å². The number of carbonyl (C=O) groups excluding carboxylic acids is 1. The second kappa shape index (κ2) is 5.11. The Morgan fingerprint density at radius 2 is 2.06 bits per heavy atom. The lowest BCUT2D eigenvalue weighted by Crippen LogP contribution is -2.51. The molecule has 0 aliphatic carbocycles. The molecule has 1 aliphatic rings. The molecule has 1 fully saturated rings. The van der Waals surface area contributed by atoms with E-state index in [4.69, 9.17) is 5.73 Å². The maximum absolute atomic E-state index is 11.5. The summed E-state index contributed by atoms with van der Waals surface area (Å²) in [6.45, 7) is 6.23. The number of nitrogens with two attached hydrogens (primary N) is 1. The summed E-state index contributed by atoms with van der Waals surface area (Å²) in [5.74, 6) is -0.193. The summed E-state index contributed by atoms with van der Waals surface area (Å²) in [6, 6.07) is 10.2. The van der Waals surface area contributed by atoms with Crippen molar-refractivity contribution in [2.45, 2.75) is 39.3 Å². The van der Waals surface area contributed by atoms with E-state index in [-0.39, 0.29) is 17.4 Å². The molecule has 1 saturated heterocycles. The lowest BCUT2D eigenvalue weighted by Gasteiger charge is -2.42. The molecule has 3 nitrogen and oxygen atoms in total. The number of primary amides is 1. The lowest BCUT2D eigenvalue weighted by atomic mass is 9.81. The number of benzene rings is 1. The molecule has 98 valence electrons. The number of hydrogen-bond donors (Lipinski definition) is 1. The molecule has 0 spiro atoms. The highest BCUT2D eigenvalue weighted by atomic mass is 16.1. The Hall–Kier alpha value is -1.35. The van der Waals surface area contributed by atoms with E-state index in [1.165, 1.54) is 5.56 Å². The van der Waals surface area contributed by atoms with Crippen molar-refractivity contribution in [1.29, 1.82) is 0 Å². The van der Waals surface area contributed by atoms with Gasteiger partial charge >= 0.3 is 0 Å². The fourth-order valence-electron chi connectivity index (χ4n) is 2.76. The summed E-state index contributed by atoms with van der Waals surface area (Å²) in [5.41, 5.74) is 7.02. The van der Waals surface area contributed by atoms with Crippen LogP contribution in [0.1, 0.15) is 32.3 Å². The van der Waals surface area contributed by atoms with Gasteiger partial charge in [0.25, 0.3) is 0 Å². The molecular formula is C15H22N2O. The van der Waals surface area contributed by atoms with Crippen LogP contribution in [-0.2, 0) is 11.3 Å². The van der Waals surface area contributed by atoms with Crippen LogP contribution in [0.5, 0.6) is 0 Å². The first kappa shape index (κ1) is 13.1. The van der Waals surface area contributed by atoms with Gasteiger partial charge in [0.15, 0.2) is 0 Å². The molecule has 18 heavy (non-hydrogen) atoms. The molecule has 0 saturated carbocycles. The monoisotopic (exact) mass is 246 g/mol. The first-order valence-electron chi connectivity index (χ1n) is 6.55. The minimum atomic E-state index is -0.193. The summed E-state index contributed by atoms with van der Waals surface area (Å²) in [5, 5.41) is 0. The standard InChI is InChI=1S/C15H22N2O/c1-15(2)9-8-13(14(16)18)17(11-15)10-12-6-4-3-5-7-12/h3-7,13H,8-11H2,1-2H3,(H2,16,18)/t13-/m0/s1. The van der Waals surface area contributed by atoms with Crippen molar-refractivity contribution in [2.24, 2.45) is 11.1 Å². The summed E-state index contributed by atoms with van der Waals surface area (Å²) in [6.07, 6.45) is 1.93. The Labute approximate surface area is 109 Å². The number of amides is 1. The summed E-state index contributed by atoms with van der Waals surface area (Å²) in [7, 11) is 0. The van der Waals surface area contributed by atoms with Gasteiger partial charge in [-0.2, -0.15) is 0 Å². The zero-order valence-corrected chi connectivity index (χ0v) is 11.2. The van der Waals surface area contributed by atoms with Crippen LogP contribution >= 0.6 is 0 Å². The molecule has 1 atom stereocenters. The van der Waals surface area contributed by atoms with E-state index in [2.05, 4.69) is 30.9 Å². The summed E-state index contributed by atoms with van der Waals surface area (Å²) in [4.78, 5) is 13.8. The van der Waals surface area contributed by atoms with E-state index >= 15 is 0 Å². The average Bonchev–Trinajstić information content (AvgIpc) is 2.28. The fraction of sp³-hybridized carbons (Fsp3) is 0.533. The number of carbonyl (C=O) groups is 1. The summed E-state index contributed by atoms with van der Waals surface area (Å²) < 4.78 is 0. The zero-order chi connectivity index (χ0) is 13.2. The van der Waals surface area contributed by atoms with Crippen LogP contribution in [0.3, 0.4) is 0 Å². The summed E-state index contributed by atoms with van der Waals surface area (Å²) >= 11 is 0. The van der Waals surface area contributed by atoms with Crippen molar-refractivity contribution in [3.05, 3.63) is 35.9 Å². The van der Waals surface area contributed by atoms with E-state index in [0.717, 1.165) is 25.9 Å².